The van der Waals surface area contributed by atoms with E-state index in [1.807, 2.05) is 12.4 Å². The minimum atomic E-state index is 0.377. The Morgan fingerprint density at radius 1 is 1.17 bits per heavy atom. The van der Waals surface area contributed by atoms with Crippen LogP contribution in [0.2, 0.25) is 0 Å². The normalized spacial score (nSPS) is 18.2. The lowest BCUT2D eigenvalue weighted by atomic mass is 9.97. The van der Waals surface area contributed by atoms with Gasteiger partial charge in [0.2, 0.25) is 0 Å². The summed E-state index contributed by atoms with van der Waals surface area (Å²) in [5, 5.41) is 0. The summed E-state index contributed by atoms with van der Waals surface area (Å²) in [5.41, 5.74) is 0. The van der Waals surface area contributed by atoms with Gasteiger partial charge in [0.05, 0.1) is 13.7 Å². The molecule has 0 bridgehead atoms. The maximum absolute atomic E-state index is 5.35. The van der Waals surface area contributed by atoms with Crippen molar-refractivity contribution in [2.75, 3.05) is 38.8 Å². The van der Waals surface area contributed by atoms with Crippen LogP contribution in [-0.2, 0) is 11.3 Å². The molecule has 1 fully saturated rings. The Kier molecular flexibility index (Phi) is 5.07. The molecule has 2 aromatic heterocycles. The highest BCUT2D eigenvalue weighted by atomic mass is 16.5. The lowest BCUT2D eigenvalue weighted by Crippen LogP contribution is -2.36. The van der Waals surface area contributed by atoms with E-state index >= 15 is 0 Å². The second-order valence-corrected chi connectivity index (χ2v) is 5.65. The summed E-state index contributed by atoms with van der Waals surface area (Å²) in [5.74, 6) is 2.89. The molecule has 3 rings (SSSR count). The largest absolute Gasteiger partial charge is 0.478 e. The Bertz CT molecular complexity index is 630. The van der Waals surface area contributed by atoms with Crippen LogP contribution in [0.15, 0.2) is 24.8 Å². The summed E-state index contributed by atoms with van der Waals surface area (Å²) in [4.78, 5) is 15.5. The van der Waals surface area contributed by atoms with Gasteiger partial charge in [0.1, 0.15) is 5.82 Å². The van der Waals surface area contributed by atoms with Crippen LogP contribution < -0.4 is 9.64 Å². The van der Waals surface area contributed by atoms with Crippen LogP contribution >= 0.6 is 0 Å². The van der Waals surface area contributed by atoms with Crippen LogP contribution in [0.5, 0.6) is 5.88 Å². The fourth-order valence-electron chi connectivity index (χ4n) is 3.12. The molecule has 1 aliphatic rings. The fraction of sp³-hybridized carbons (Fsp3) is 0.562. The lowest BCUT2D eigenvalue weighted by Gasteiger charge is -2.33. The predicted molar refractivity (Wildman–Crippen MR) is 86.9 cm³/mol. The maximum atomic E-state index is 5.35. The topological polar surface area (TPSA) is 65.3 Å². The minimum Gasteiger partial charge on any atom is -0.478 e. The van der Waals surface area contributed by atoms with E-state index in [2.05, 4.69) is 24.4 Å². The molecule has 0 aromatic carbocycles. The fourth-order valence-corrected chi connectivity index (χ4v) is 3.12. The standard InChI is InChI=1S/C16H23N5O2/c1-22-11-10-20-9-7-18-14(20)13-4-3-8-21(12-13)15-16(23-2)19-6-5-17-15/h5-7,9,13H,3-4,8,10-12H2,1-2H3. The molecule has 0 aliphatic carbocycles. The number of hydrogen-bond donors (Lipinski definition) is 0. The molecule has 2 aromatic rings. The number of piperidine rings is 1. The van der Waals surface area contributed by atoms with Crippen molar-refractivity contribution in [3.63, 3.8) is 0 Å². The summed E-state index contributed by atoms with van der Waals surface area (Å²) in [7, 11) is 3.35. The molecule has 0 amide bonds. The number of nitrogens with zero attached hydrogens (tertiary/aromatic N) is 5. The van der Waals surface area contributed by atoms with Crippen molar-refractivity contribution in [1.82, 2.24) is 19.5 Å². The molecular weight excluding hydrogens is 294 g/mol. The van der Waals surface area contributed by atoms with Gasteiger partial charge in [-0.15, -0.1) is 0 Å². The number of ether oxygens (including phenoxy) is 2. The molecule has 0 spiro atoms. The average Bonchev–Trinajstić information content (AvgIpc) is 3.08. The van der Waals surface area contributed by atoms with E-state index in [0.717, 1.165) is 44.1 Å². The third-order valence-corrected chi connectivity index (χ3v) is 4.21. The molecule has 3 heterocycles. The Morgan fingerprint density at radius 3 is 2.87 bits per heavy atom. The van der Waals surface area contributed by atoms with Gasteiger partial charge in [0.15, 0.2) is 5.82 Å². The van der Waals surface area contributed by atoms with Crippen molar-refractivity contribution in [3.8, 4) is 5.88 Å². The van der Waals surface area contributed by atoms with Crippen molar-refractivity contribution < 1.29 is 9.47 Å². The summed E-state index contributed by atoms with van der Waals surface area (Å²) >= 11 is 0. The van der Waals surface area contributed by atoms with E-state index in [9.17, 15) is 0 Å². The monoisotopic (exact) mass is 317 g/mol. The van der Waals surface area contributed by atoms with E-state index in [1.165, 1.54) is 0 Å². The minimum absolute atomic E-state index is 0.377. The van der Waals surface area contributed by atoms with E-state index in [0.29, 0.717) is 18.4 Å². The molecule has 124 valence electrons. The number of aromatic nitrogens is 4. The SMILES string of the molecule is COCCn1ccnc1C1CCCN(c2nccnc2OC)C1. The molecule has 23 heavy (non-hydrogen) atoms. The van der Waals surface area contributed by atoms with Gasteiger partial charge in [-0.05, 0) is 12.8 Å². The van der Waals surface area contributed by atoms with Crippen molar-refractivity contribution in [3.05, 3.63) is 30.6 Å². The molecule has 1 unspecified atom stereocenters. The molecule has 0 saturated carbocycles. The molecule has 7 heteroatoms. The zero-order valence-electron chi connectivity index (χ0n) is 13.7. The van der Waals surface area contributed by atoms with Crippen LogP contribution in [-0.4, -0.2) is 53.4 Å². The molecule has 0 N–H and O–H groups in total. The Labute approximate surface area is 136 Å². The van der Waals surface area contributed by atoms with Gasteiger partial charge < -0.3 is 18.9 Å². The Balaban J connectivity index is 1.77. The summed E-state index contributed by atoms with van der Waals surface area (Å²) in [6.07, 6.45) is 9.48. The first kappa shape index (κ1) is 15.7. The third kappa shape index (κ3) is 3.44. The van der Waals surface area contributed by atoms with Gasteiger partial charge in [-0.3, -0.25) is 0 Å². The lowest BCUT2D eigenvalue weighted by molar-refractivity contribution is 0.185. The van der Waals surface area contributed by atoms with Crippen LogP contribution in [0.4, 0.5) is 5.82 Å². The van der Waals surface area contributed by atoms with Gasteiger partial charge in [-0.25, -0.2) is 15.0 Å². The zero-order chi connectivity index (χ0) is 16.1. The quantitative estimate of drug-likeness (QED) is 0.808. The van der Waals surface area contributed by atoms with E-state index in [-0.39, 0.29) is 0 Å². The first-order chi connectivity index (χ1) is 11.3. The zero-order valence-corrected chi connectivity index (χ0v) is 13.7. The molecule has 7 nitrogen and oxygen atoms in total. The molecule has 1 saturated heterocycles. The maximum Gasteiger partial charge on any atom is 0.257 e. The van der Waals surface area contributed by atoms with Crippen molar-refractivity contribution in [2.45, 2.75) is 25.3 Å². The number of anilines is 1. The second kappa shape index (κ2) is 7.41. The summed E-state index contributed by atoms with van der Waals surface area (Å²) in [6, 6.07) is 0. The third-order valence-electron chi connectivity index (χ3n) is 4.21. The van der Waals surface area contributed by atoms with E-state index in [1.54, 1.807) is 26.6 Å². The highest BCUT2D eigenvalue weighted by molar-refractivity contribution is 5.48. The molecule has 1 aliphatic heterocycles. The highest BCUT2D eigenvalue weighted by Gasteiger charge is 2.27. The van der Waals surface area contributed by atoms with Crippen molar-refractivity contribution in [2.24, 2.45) is 0 Å². The first-order valence-corrected chi connectivity index (χ1v) is 7.93. The summed E-state index contributed by atoms with van der Waals surface area (Å²) in [6.45, 7) is 3.36. The van der Waals surface area contributed by atoms with E-state index < -0.39 is 0 Å². The van der Waals surface area contributed by atoms with E-state index in [4.69, 9.17) is 9.47 Å². The number of methoxy groups -OCH3 is 2. The Hall–Kier alpha value is -2.15. The van der Waals surface area contributed by atoms with Crippen molar-refractivity contribution >= 4 is 5.82 Å². The average molecular weight is 317 g/mol. The number of rotatable bonds is 6. The summed E-state index contributed by atoms with van der Waals surface area (Å²) < 4.78 is 12.7. The van der Waals surface area contributed by atoms with Gasteiger partial charge >= 0.3 is 0 Å². The van der Waals surface area contributed by atoms with Gasteiger partial charge in [0.25, 0.3) is 5.88 Å². The number of hydrogen-bond acceptors (Lipinski definition) is 6. The molecule has 0 radical (unpaired) electrons. The molecule has 1 atom stereocenters. The van der Waals surface area contributed by atoms with Crippen LogP contribution in [0, 0.1) is 0 Å². The van der Waals surface area contributed by atoms with Crippen molar-refractivity contribution in [1.29, 1.82) is 0 Å². The van der Waals surface area contributed by atoms with Crippen LogP contribution in [0.3, 0.4) is 0 Å². The second-order valence-electron chi connectivity index (χ2n) is 5.65. The smallest absolute Gasteiger partial charge is 0.257 e. The highest BCUT2D eigenvalue weighted by Crippen LogP contribution is 2.31. The van der Waals surface area contributed by atoms with Crippen LogP contribution in [0.1, 0.15) is 24.6 Å². The van der Waals surface area contributed by atoms with Gasteiger partial charge in [-0.1, -0.05) is 0 Å². The molecular formula is C16H23N5O2. The predicted octanol–water partition coefficient (Wildman–Crippen LogP) is 1.71. The van der Waals surface area contributed by atoms with Gasteiger partial charge in [-0.2, -0.15) is 0 Å². The Morgan fingerprint density at radius 2 is 2.04 bits per heavy atom. The van der Waals surface area contributed by atoms with Crippen LogP contribution in [0.25, 0.3) is 0 Å². The number of imidazole rings is 1. The first-order valence-electron chi connectivity index (χ1n) is 7.93. The van der Waals surface area contributed by atoms with Gasteiger partial charge in [0, 0.05) is 57.4 Å².